The number of rotatable bonds is 3. The zero-order valence-electron chi connectivity index (χ0n) is 16.6. The third-order valence-corrected chi connectivity index (χ3v) is 5.54. The summed E-state index contributed by atoms with van der Waals surface area (Å²) in [6, 6.07) is 7.68. The molecule has 1 saturated heterocycles. The second-order valence-electron chi connectivity index (χ2n) is 8.28. The molecule has 3 heterocycles. The monoisotopic (exact) mass is 414 g/mol. The standard InChI is InChI=1S/C21H23ClN4O3/c1-21(2,3)14-4-5-17-15(11-14)18(24-29-17)25-6-8-26(9-7-25)19-16(22)10-13(12-23-19)20(27)28/h4-5,10-12H,6-9H2,1-3H3,(H,27,28). The molecular formula is C21H23ClN4O3. The van der Waals surface area contributed by atoms with E-state index in [4.69, 9.17) is 21.2 Å². The predicted molar refractivity (Wildman–Crippen MR) is 113 cm³/mol. The molecule has 1 fully saturated rings. The summed E-state index contributed by atoms with van der Waals surface area (Å²) in [4.78, 5) is 19.6. The van der Waals surface area contributed by atoms with E-state index in [1.165, 1.54) is 17.8 Å². The summed E-state index contributed by atoms with van der Waals surface area (Å²) >= 11 is 6.27. The summed E-state index contributed by atoms with van der Waals surface area (Å²) in [5, 5.41) is 14.8. The molecule has 0 bridgehead atoms. The molecule has 4 rings (SSSR count). The molecule has 0 amide bonds. The Morgan fingerprint density at radius 2 is 1.76 bits per heavy atom. The lowest BCUT2D eigenvalue weighted by Gasteiger charge is -2.35. The van der Waals surface area contributed by atoms with Crippen LogP contribution < -0.4 is 9.80 Å². The van der Waals surface area contributed by atoms with E-state index in [2.05, 4.69) is 52.8 Å². The van der Waals surface area contributed by atoms with Crippen molar-refractivity contribution >= 4 is 40.2 Å². The number of nitrogens with zero attached hydrogens (tertiary/aromatic N) is 4. The van der Waals surface area contributed by atoms with Crippen LogP contribution in [0.15, 0.2) is 35.0 Å². The van der Waals surface area contributed by atoms with Gasteiger partial charge < -0.3 is 19.4 Å². The lowest BCUT2D eigenvalue weighted by atomic mass is 9.86. The molecule has 8 heteroatoms. The van der Waals surface area contributed by atoms with Gasteiger partial charge >= 0.3 is 5.97 Å². The molecular weight excluding hydrogens is 392 g/mol. The van der Waals surface area contributed by atoms with Gasteiger partial charge in [0.25, 0.3) is 0 Å². The van der Waals surface area contributed by atoms with Gasteiger partial charge in [-0.15, -0.1) is 0 Å². The smallest absolute Gasteiger partial charge is 0.337 e. The Labute approximate surface area is 173 Å². The predicted octanol–water partition coefficient (Wildman–Crippen LogP) is 4.20. The van der Waals surface area contributed by atoms with Gasteiger partial charge in [0, 0.05) is 32.4 Å². The van der Waals surface area contributed by atoms with Crippen molar-refractivity contribution in [2.75, 3.05) is 36.0 Å². The molecule has 7 nitrogen and oxygen atoms in total. The first-order valence-electron chi connectivity index (χ1n) is 9.53. The maximum atomic E-state index is 11.1. The SMILES string of the molecule is CC(C)(C)c1ccc2onc(N3CCN(c4ncc(C(=O)O)cc4Cl)CC3)c2c1. The highest BCUT2D eigenvalue weighted by Gasteiger charge is 2.25. The molecule has 1 aromatic carbocycles. The molecule has 0 unspecified atom stereocenters. The number of aromatic carboxylic acids is 1. The van der Waals surface area contributed by atoms with E-state index in [1.807, 2.05) is 6.07 Å². The first-order valence-corrected chi connectivity index (χ1v) is 9.90. The number of carboxylic acid groups (broad SMARTS) is 1. The zero-order chi connectivity index (χ0) is 20.8. The molecule has 1 N–H and O–H groups in total. The molecule has 0 saturated carbocycles. The summed E-state index contributed by atoms with van der Waals surface area (Å²) in [6.07, 6.45) is 1.34. The van der Waals surface area contributed by atoms with Crippen molar-refractivity contribution < 1.29 is 14.4 Å². The molecule has 0 aliphatic carbocycles. The summed E-state index contributed by atoms with van der Waals surface area (Å²) in [5.41, 5.74) is 2.15. The Bertz CT molecular complexity index is 1070. The second kappa shape index (κ2) is 7.22. The van der Waals surface area contributed by atoms with E-state index in [1.54, 1.807) is 0 Å². The van der Waals surface area contributed by atoms with E-state index in [-0.39, 0.29) is 11.0 Å². The number of hydrogen-bond donors (Lipinski definition) is 1. The quantitative estimate of drug-likeness (QED) is 0.687. The van der Waals surface area contributed by atoms with Crippen LogP contribution in [0.3, 0.4) is 0 Å². The summed E-state index contributed by atoms with van der Waals surface area (Å²) in [5.74, 6) is 0.422. The topological polar surface area (TPSA) is 82.7 Å². The number of piperazine rings is 1. The molecule has 0 radical (unpaired) electrons. The van der Waals surface area contributed by atoms with Crippen LogP contribution in [0.2, 0.25) is 5.02 Å². The van der Waals surface area contributed by atoms with Gasteiger partial charge in [-0.25, -0.2) is 9.78 Å². The number of hydrogen-bond acceptors (Lipinski definition) is 6. The number of anilines is 2. The molecule has 0 spiro atoms. The number of carboxylic acids is 1. The Morgan fingerprint density at radius 3 is 2.34 bits per heavy atom. The van der Waals surface area contributed by atoms with Gasteiger partial charge in [-0.1, -0.05) is 43.6 Å². The van der Waals surface area contributed by atoms with Crippen molar-refractivity contribution in [1.29, 1.82) is 0 Å². The largest absolute Gasteiger partial charge is 0.478 e. The average Bonchev–Trinajstić information content (AvgIpc) is 3.10. The van der Waals surface area contributed by atoms with E-state index in [0.29, 0.717) is 23.9 Å². The first kappa shape index (κ1) is 19.5. The lowest BCUT2D eigenvalue weighted by molar-refractivity contribution is 0.0696. The van der Waals surface area contributed by atoms with Crippen LogP contribution in [0.25, 0.3) is 11.0 Å². The highest BCUT2D eigenvalue weighted by Crippen LogP contribution is 2.33. The van der Waals surface area contributed by atoms with Crippen LogP contribution >= 0.6 is 11.6 Å². The van der Waals surface area contributed by atoms with Crippen LogP contribution in [0.4, 0.5) is 11.6 Å². The highest BCUT2D eigenvalue weighted by atomic mass is 35.5. The average molecular weight is 415 g/mol. The Hall–Kier alpha value is -2.80. The fourth-order valence-electron chi connectivity index (χ4n) is 3.53. The number of pyridine rings is 1. The Balaban J connectivity index is 1.54. The van der Waals surface area contributed by atoms with Crippen LogP contribution in [0.5, 0.6) is 0 Å². The minimum Gasteiger partial charge on any atom is -0.478 e. The molecule has 1 aliphatic rings. The zero-order valence-corrected chi connectivity index (χ0v) is 17.4. The number of fused-ring (bicyclic) bond motifs is 1. The summed E-state index contributed by atoms with van der Waals surface area (Å²) < 4.78 is 5.54. The van der Waals surface area contributed by atoms with Crippen molar-refractivity contribution in [2.24, 2.45) is 0 Å². The Kier molecular flexibility index (Phi) is 4.86. The molecule has 29 heavy (non-hydrogen) atoms. The molecule has 3 aromatic rings. The number of halogens is 1. The third kappa shape index (κ3) is 3.74. The van der Waals surface area contributed by atoms with E-state index in [0.717, 1.165) is 29.9 Å². The van der Waals surface area contributed by atoms with Gasteiger partial charge in [-0.3, -0.25) is 0 Å². The number of aromatic nitrogens is 2. The second-order valence-corrected chi connectivity index (χ2v) is 8.68. The summed E-state index contributed by atoms with van der Waals surface area (Å²) in [6.45, 7) is 9.44. The minimum atomic E-state index is -1.04. The van der Waals surface area contributed by atoms with Gasteiger partial charge in [0.05, 0.1) is 16.0 Å². The maximum Gasteiger partial charge on any atom is 0.337 e. The van der Waals surface area contributed by atoms with E-state index in [9.17, 15) is 4.79 Å². The van der Waals surface area contributed by atoms with Crippen LogP contribution in [0.1, 0.15) is 36.7 Å². The van der Waals surface area contributed by atoms with Gasteiger partial charge in [0.2, 0.25) is 0 Å². The van der Waals surface area contributed by atoms with Crippen molar-refractivity contribution in [1.82, 2.24) is 10.1 Å². The number of benzene rings is 1. The number of carbonyl (C=O) groups is 1. The van der Waals surface area contributed by atoms with E-state index >= 15 is 0 Å². The van der Waals surface area contributed by atoms with Gasteiger partial charge in [-0.2, -0.15) is 0 Å². The molecule has 2 aromatic heterocycles. The molecule has 1 aliphatic heterocycles. The fraction of sp³-hybridized carbons (Fsp3) is 0.381. The van der Waals surface area contributed by atoms with Crippen molar-refractivity contribution in [2.45, 2.75) is 26.2 Å². The highest BCUT2D eigenvalue weighted by molar-refractivity contribution is 6.33. The fourth-order valence-corrected chi connectivity index (χ4v) is 3.82. The van der Waals surface area contributed by atoms with Crippen molar-refractivity contribution in [3.05, 3.63) is 46.6 Å². The normalized spacial score (nSPS) is 15.2. The van der Waals surface area contributed by atoms with Crippen LogP contribution in [-0.2, 0) is 5.41 Å². The van der Waals surface area contributed by atoms with Crippen LogP contribution in [0, 0.1) is 0 Å². The first-order chi connectivity index (χ1) is 13.7. The lowest BCUT2D eigenvalue weighted by Crippen LogP contribution is -2.47. The third-order valence-electron chi connectivity index (χ3n) is 5.26. The van der Waals surface area contributed by atoms with E-state index < -0.39 is 5.97 Å². The minimum absolute atomic E-state index is 0.0476. The van der Waals surface area contributed by atoms with Crippen LogP contribution in [-0.4, -0.2) is 47.4 Å². The molecule has 152 valence electrons. The summed E-state index contributed by atoms with van der Waals surface area (Å²) in [7, 11) is 0. The van der Waals surface area contributed by atoms with Crippen molar-refractivity contribution in [3.8, 4) is 0 Å². The van der Waals surface area contributed by atoms with Gasteiger partial charge in [0.1, 0.15) is 5.82 Å². The van der Waals surface area contributed by atoms with Gasteiger partial charge in [0.15, 0.2) is 11.4 Å². The van der Waals surface area contributed by atoms with Gasteiger partial charge in [-0.05, 0) is 29.2 Å². The maximum absolute atomic E-state index is 11.1. The molecule has 0 atom stereocenters. The van der Waals surface area contributed by atoms with Crippen molar-refractivity contribution in [3.63, 3.8) is 0 Å². The Morgan fingerprint density at radius 1 is 1.10 bits per heavy atom.